The second kappa shape index (κ2) is 12.0. The zero-order valence-corrected chi connectivity index (χ0v) is 24.5. The molecule has 0 atom stereocenters. The highest BCUT2D eigenvalue weighted by atomic mass is 127. The molecule has 4 aromatic rings. The number of nitrogens with zero attached hydrogens (tertiary/aromatic N) is 1. The van der Waals surface area contributed by atoms with Crippen molar-refractivity contribution in [1.82, 2.24) is 4.90 Å². The first-order chi connectivity index (χ1) is 18.8. The largest absolute Gasteiger partial charge is 0.490 e. The van der Waals surface area contributed by atoms with Gasteiger partial charge in [0.1, 0.15) is 12.4 Å². The van der Waals surface area contributed by atoms with Gasteiger partial charge in [-0.25, -0.2) is 4.39 Å². The van der Waals surface area contributed by atoms with E-state index in [0.717, 1.165) is 28.1 Å². The van der Waals surface area contributed by atoms with Crippen molar-refractivity contribution < 1.29 is 23.5 Å². The van der Waals surface area contributed by atoms with Gasteiger partial charge in [-0.2, -0.15) is 0 Å². The molecule has 1 saturated heterocycles. The van der Waals surface area contributed by atoms with E-state index < -0.39 is 5.82 Å². The lowest BCUT2D eigenvalue weighted by atomic mass is 10.1. The van der Waals surface area contributed by atoms with Gasteiger partial charge in [-0.05, 0) is 99.6 Å². The second-order valence-electron chi connectivity index (χ2n) is 8.70. The Morgan fingerprint density at radius 2 is 1.79 bits per heavy atom. The minimum absolute atomic E-state index is 0.0748. The number of ether oxygens (including phenoxy) is 2. The van der Waals surface area contributed by atoms with Crippen LogP contribution in [0.15, 0.2) is 77.7 Å². The van der Waals surface area contributed by atoms with E-state index in [4.69, 9.17) is 21.1 Å². The number of rotatable bonds is 8. The number of hydrogen-bond acceptors (Lipinski definition) is 5. The van der Waals surface area contributed by atoms with E-state index in [1.807, 2.05) is 55.5 Å². The van der Waals surface area contributed by atoms with Crippen LogP contribution in [0, 0.1) is 9.39 Å². The average Bonchev–Trinajstić information content (AvgIpc) is 3.17. The Morgan fingerprint density at radius 1 is 1.00 bits per heavy atom. The van der Waals surface area contributed by atoms with Crippen LogP contribution in [0.2, 0.25) is 5.02 Å². The lowest BCUT2D eigenvalue weighted by molar-refractivity contribution is -0.123. The van der Waals surface area contributed by atoms with E-state index >= 15 is 0 Å². The van der Waals surface area contributed by atoms with Crippen LogP contribution in [0.1, 0.15) is 23.6 Å². The Morgan fingerprint density at radius 3 is 2.56 bits per heavy atom. The molecule has 5 nitrogen and oxygen atoms in total. The summed E-state index contributed by atoms with van der Waals surface area (Å²) in [7, 11) is 0. The minimum atomic E-state index is -0.452. The van der Waals surface area contributed by atoms with Gasteiger partial charge in [0, 0.05) is 5.56 Å². The van der Waals surface area contributed by atoms with Crippen LogP contribution >= 0.6 is 46.0 Å². The number of thioether (sulfide) groups is 1. The van der Waals surface area contributed by atoms with E-state index in [1.54, 1.807) is 18.2 Å². The summed E-state index contributed by atoms with van der Waals surface area (Å²) in [4.78, 5) is 27.5. The number of carbonyl (C=O) groups is 2. The average molecular weight is 674 g/mol. The third-order valence-corrected chi connectivity index (χ3v) is 8.14. The Bertz CT molecular complexity index is 1610. The molecule has 0 bridgehead atoms. The molecule has 4 aromatic carbocycles. The van der Waals surface area contributed by atoms with Crippen molar-refractivity contribution >= 4 is 73.9 Å². The van der Waals surface area contributed by atoms with Gasteiger partial charge in [0.2, 0.25) is 0 Å². The predicted octanol–water partition coefficient (Wildman–Crippen LogP) is 8.45. The van der Waals surface area contributed by atoms with Gasteiger partial charge in [-0.3, -0.25) is 14.5 Å². The number of amides is 2. The lowest BCUT2D eigenvalue weighted by Gasteiger charge is -2.16. The van der Waals surface area contributed by atoms with E-state index in [2.05, 4.69) is 22.6 Å². The number of carbonyl (C=O) groups excluding carboxylic acids is 2. The molecule has 0 radical (unpaired) electrons. The van der Waals surface area contributed by atoms with Crippen LogP contribution in [0.3, 0.4) is 0 Å². The first kappa shape index (κ1) is 27.5. The normalized spacial score (nSPS) is 14.5. The summed E-state index contributed by atoms with van der Waals surface area (Å²) >= 11 is 9.15. The molecule has 1 heterocycles. The van der Waals surface area contributed by atoms with Crippen LogP contribution in [-0.4, -0.2) is 22.7 Å². The smallest absolute Gasteiger partial charge is 0.293 e. The van der Waals surface area contributed by atoms with E-state index in [0.29, 0.717) is 32.1 Å². The van der Waals surface area contributed by atoms with Crippen LogP contribution in [0.4, 0.5) is 9.18 Å². The molecule has 0 spiro atoms. The highest BCUT2D eigenvalue weighted by Gasteiger charge is 2.35. The predicted molar refractivity (Wildman–Crippen MR) is 162 cm³/mol. The van der Waals surface area contributed by atoms with E-state index in [-0.39, 0.29) is 34.9 Å². The molecule has 9 heteroatoms. The van der Waals surface area contributed by atoms with Gasteiger partial charge in [0.05, 0.1) is 26.6 Å². The first-order valence-corrected chi connectivity index (χ1v) is 14.4. The maximum atomic E-state index is 14.2. The lowest BCUT2D eigenvalue weighted by Crippen LogP contribution is -2.27. The fraction of sp³-hybridized carbons (Fsp3) is 0.133. The van der Waals surface area contributed by atoms with Gasteiger partial charge in [-0.1, -0.05) is 54.1 Å². The maximum absolute atomic E-state index is 14.2. The van der Waals surface area contributed by atoms with Gasteiger partial charge in [-0.15, -0.1) is 0 Å². The number of hydrogen-bond donors (Lipinski definition) is 0. The highest BCUT2D eigenvalue weighted by Crippen LogP contribution is 2.38. The summed E-state index contributed by atoms with van der Waals surface area (Å²) in [5.74, 6) is 0.0870. The fourth-order valence-corrected chi connectivity index (χ4v) is 6.03. The zero-order valence-electron chi connectivity index (χ0n) is 20.7. The molecule has 198 valence electrons. The Hall–Kier alpha value is -3.08. The molecule has 0 aliphatic carbocycles. The van der Waals surface area contributed by atoms with Crippen molar-refractivity contribution in [1.29, 1.82) is 0 Å². The number of halogens is 3. The second-order valence-corrected chi connectivity index (χ2v) is 11.3. The number of benzene rings is 4. The highest BCUT2D eigenvalue weighted by molar-refractivity contribution is 14.1. The molecular formula is C30H22ClFINO4S. The molecule has 0 N–H and O–H groups in total. The quantitative estimate of drug-likeness (QED) is 0.139. The molecule has 0 aromatic heterocycles. The summed E-state index contributed by atoms with van der Waals surface area (Å²) in [6.07, 6.45) is 1.67. The van der Waals surface area contributed by atoms with Gasteiger partial charge >= 0.3 is 0 Å². The molecule has 5 rings (SSSR count). The van der Waals surface area contributed by atoms with E-state index in [9.17, 15) is 14.0 Å². The van der Waals surface area contributed by atoms with Crippen molar-refractivity contribution in [3.8, 4) is 11.5 Å². The van der Waals surface area contributed by atoms with Crippen LogP contribution in [0.5, 0.6) is 11.5 Å². The SMILES string of the molecule is CCOc1cc(/C=C2\SC(=O)N(Cc3ccc4ccccc4c3)C2=O)cc(I)c1OCc1c(F)cccc1Cl. The zero-order chi connectivity index (χ0) is 27.5. The van der Waals surface area contributed by atoms with Crippen molar-refractivity contribution in [2.24, 2.45) is 0 Å². The van der Waals surface area contributed by atoms with Crippen LogP contribution < -0.4 is 9.47 Å². The summed E-state index contributed by atoms with van der Waals surface area (Å²) in [5, 5.41) is 2.11. The minimum Gasteiger partial charge on any atom is -0.490 e. The summed E-state index contributed by atoms with van der Waals surface area (Å²) in [6.45, 7) is 2.34. The molecule has 0 unspecified atom stereocenters. The molecule has 1 aliphatic heterocycles. The molecule has 0 saturated carbocycles. The number of fused-ring (bicyclic) bond motifs is 1. The van der Waals surface area contributed by atoms with Gasteiger partial charge < -0.3 is 9.47 Å². The summed E-state index contributed by atoms with van der Waals surface area (Å²) < 4.78 is 26.7. The Kier molecular flexibility index (Phi) is 8.44. The monoisotopic (exact) mass is 673 g/mol. The van der Waals surface area contributed by atoms with Gasteiger partial charge in [0.15, 0.2) is 11.5 Å². The summed E-state index contributed by atoms with van der Waals surface area (Å²) in [6, 6.07) is 21.9. The third kappa shape index (κ3) is 6.08. The first-order valence-electron chi connectivity index (χ1n) is 12.1. The van der Waals surface area contributed by atoms with Crippen molar-refractivity contribution in [2.45, 2.75) is 20.1 Å². The molecule has 2 amide bonds. The van der Waals surface area contributed by atoms with E-state index in [1.165, 1.54) is 17.0 Å². The molecule has 1 fully saturated rings. The summed E-state index contributed by atoms with van der Waals surface area (Å²) in [5.41, 5.74) is 1.80. The maximum Gasteiger partial charge on any atom is 0.293 e. The van der Waals surface area contributed by atoms with Crippen molar-refractivity contribution in [2.75, 3.05) is 6.61 Å². The van der Waals surface area contributed by atoms with Crippen molar-refractivity contribution in [3.05, 3.63) is 109 Å². The van der Waals surface area contributed by atoms with Crippen molar-refractivity contribution in [3.63, 3.8) is 0 Å². The topological polar surface area (TPSA) is 55.8 Å². The molecular weight excluding hydrogens is 652 g/mol. The van der Waals surface area contributed by atoms with Crippen LogP contribution in [0.25, 0.3) is 16.8 Å². The number of imide groups is 1. The third-order valence-electron chi connectivity index (χ3n) is 6.08. The molecule has 39 heavy (non-hydrogen) atoms. The standard InChI is InChI=1S/C30H22ClFINO4S/c1-2-37-26-14-19(13-25(33)28(26)38-17-22-23(31)8-5-9-24(22)32)15-27-29(35)34(30(36)39-27)16-18-10-11-20-6-3-4-7-21(20)12-18/h3-15H,2,16-17H2,1H3/b27-15-. The fourth-order valence-electron chi connectivity index (χ4n) is 4.20. The Balaban J connectivity index is 1.37. The Labute approximate surface area is 248 Å². The van der Waals surface area contributed by atoms with Crippen LogP contribution in [-0.2, 0) is 17.9 Å². The van der Waals surface area contributed by atoms with Gasteiger partial charge in [0.25, 0.3) is 11.1 Å². The molecule has 1 aliphatic rings.